The third-order valence-electron chi connectivity index (χ3n) is 8.14. The van der Waals surface area contributed by atoms with Gasteiger partial charge in [-0.05, 0) is 56.4 Å². The average molecular weight is 602 g/mol. The third-order valence-corrected chi connectivity index (χ3v) is 9.20. The van der Waals surface area contributed by atoms with Crippen molar-refractivity contribution in [3.05, 3.63) is 93.8 Å². The Morgan fingerprint density at radius 3 is 2.72 bits per heavy atom. The number of aliphatic hydroxyl groups is 2. The second kappa shape index (κ2) is 12.8. The zero-order chi connectivity index (χ0) is 29.9. The predicted molar refractivity (Wildman–Crippen MR) is 162 cm³/mol. The van der Waals surface area contributed by atoms with Crippen molar-refractivity contribution < 1.29 is 24.2 Å². The minimum atomic E-state index is -0.954. The monoisotopic (exact) mass is 601 g/mol. The minimum absolute atomic E-state index is 0.117. The number of carbonyl (C=O) groups is 2. The Morgan fingerprint density at radius 1 is 1.21 bits per heavy atom. The van der Waals surface area contributed by atoms with Crippen LogP contribution in [0.5, 0.6) is 0 Å². The summed E-state index contributed by atoms with van der Waals surface area (Å²) in [6.07, 6.45) is 3.91. The van der Waals surface area contributed by atoms with E-state index in [9.17, 15) is 19.8 Å². The molecule has 0 aliphatic carbocycles. The maximum atomic E-state index is 14.0. The van der Waals surface area contributed by atoms with E-state index in [1.807, 2.05) is 47.5 Å². The number of oxazole rings is 1. The number of benzene rings is 2. The van der Waals surface area contributed by atoms with Crippen LogP contribution in [-0.2, 0) is 6.42 Å². The van der Waals surface area contributed by atoms with Gasteiger partial charge in [0, 0.05) is 46.9 Å². The molecule has 4 aromatic rings. The molecular formula is C32H35N5O5S. The topological polar surface area (TPSA) is 141 Å². The van der Waals surface area contributed by atoms with Crippen molar-refractivity contribution in [2.45, 2.75) is 62.9 Å². The second-order valence-corrected chi connectivity index (χ2v) is 12.2. The molecule has 0 spiro atoms. The van der Waals surface area contributed by atoms with Crippen LogP contribution in [0, 0.1) is 6.92 Å². The number of nitrogens with one attached hydrogen (secondary N) is 2. The van der Waals surface area contributed by atoms with Crippen LogP contribution in [-0.4, -0.2) is 74.3 Å². The SMILES string of the molecule is Cc1csc(C2CCCN2C(=O)c2cc(C(=O)N[C@@H](Cc3ccccc3)[C@H](O)[C@H]3C[C@@H](O)CN3)cc(-c3ncco3)c2)n1. The summed E-state index contributed by atoms with van der Waals surface area (Å²) >= 11 is 1.55. The molecule has 2 saturated heterocycles. The quantitative estimate of drug-likeness (QED) is 0.229. The number of hydrogen-bond acceptors (Lipinski definition) is 9. The van der Waals surface area contributed by atoms with Crippen molar-refractivity contribution in [3.63, 3.8) is 0 Å². The van der Waals surface area contributed by atoms with Crippen LogP contribution in [0.15, 0.2) is 70.8 Å². The number of thiazole rings is 1. The summed E-state index contributed by atoms with van der Waals surface area (Å²) in [6.45, 7) is 2.92. The molecule has 2 aliphatic rings. The molecule has 1 unspecified atom stereocenters. The number of amides is 2. The fraction of sp³-hybridized carbons (Fsp3) is 0.375. The van der Waals surface area contributed by atoms with Gasteiger partial charge in [0.25, 0.3) is 11.8 Å². The van der Waals surface area contributed by atoms with E-state index in [-0.39, 0.29) is 23.6 Å². The van der Waals surface area contributed by atoms with Crippen LogP contribution < -0.4 is 10.6 Å². The number of carbonyl (C=O) groups excluding carboxylic acids is 2. The van der Waals surface area contributed by atoms with Crippen LogP contribution in [0.2, 0.25) is 0 Å². The minimum Gasteiger partial charge on any atom is -0.445 e. The number of aromatic nitrogens is 2. The number of nitrogens with zero attached hydrogens (tertiary/aromatic N) is 3. The summed E-state index contributed by atoms with van der Waals surface area (Å²) < 4.78 is 5.54. The fourth-order valence-electron chi connectivity index (χ4n) is 5.99. The zero-order valence-corrected chi connectivity index (χ0v) is 24.7. The summed E-state index contributed by atoms with van der Waals surface area (Å²) in [6, 6.07) is 13.4. The van der Waals surface area contributed by atoms with Gasteiger partial charge in [0.15, 0.2) is 0 Å². The van der Waals surface area contributed by atoms with Gasteiger partial charge in [-0.25, -0.2) is 9.97 Å². The molecular weight excluding hydrogens is 566 g/mol. The lowest BCUT2D eigenvalue weighted by Crippen LogP contribution is -2.52. The highest BCUT2D eigenvalue weighted by Gasteiger charge is 2.35. The van der Waals surface area contributed by atoms with E-state index in [4.69, 9.17) is 4.42 Å². The molecule has 224 valence electrons. The maximum Gasteiger partial charge on any atom is 0.254 e. The summed E-state index contributed by atoms with van der Waals surface area (Å²) in [7, 11) is 0. The van der Waals surface area contributed by atoms with Gasteiger partial charge in [0.2, 0.25) is 5.89 Å². The van der Waals surface area contributed by atoms with E-state index in [0.29, 0.717) is 42.9 Å². The molecule has 0 radical (unpaired) electrons. The second-order valence-electron chi connectivity index (χ2n) is 11.3. The summed E-state index contributed by atoms with van der Waals surface area (Å²) in [5.74, 6) is -0.334. The smallest absolute Gasteiger partial charge is 0.254 e. The lowest BCUT2D eigenvalue weighted by molar-refractivity contribution is 0.0714. The molecule has 2 aromatic heterocycles. The van der Waals surface area contributed by atoms with Gasteiger partial charge in [-0.2, -0.15) is 0 Å². The van der Waals surface area contributed by atoms with Crippen molar-refractivity contribution >= 4 is 23.2 Å². The first kappa shape index (κ1) is 29.2. The summed E-state index contributed by atoms with van der Waals surface area (Å²) in [5, 5.41) is 30.5. The van der Waals surface area contributed by atoms with Crippen molar-refractivity contribution in [2.75, 3.05) is 13.1 Å². The Hall–Kier alpha value is -3.90. The van der Waals surface area contributed by atoms with Crippen molar-refractivity contribution in [2.24, 2.45) is 0 Å². The standard InChI is InChI=1S/C32H35N5O5S/c1-19-18-43-31(35-19)27-8-5-10-37(27)32(41)23-14-21(13-22(15-23)30-33-9-11-42-30)29(40)36-26(12-20-6-3-2-4-7-20)28(39)25-16-24(38)17-34-25/h2-4,6-7,9,11,13-15,18,24-28,34,38-39H,5,8,10,12,16-17H2,1H3,(H,36,40)/t24-,25-,26+,27?,28-/m1/s1. The molecule has 5 atom stereocenters. The summed E-state index contributed by atoms with van der Waals surface area (Å²) in [4.78, 5) is 38.5. The number of hydrogen-bond donors (Lipinski definition) is 4. The highest BCUT2D eigenvalue weighted by molar-refractivity contribution is 7.09. The van der Waals surface area contributed by atoms with Gasteiger partial charge < -0.3 is 30.2 Å². The molecule has 43 heavy (non-hydrogen) atoms. The van der Waals surface area contributed by atoms with Crippen molar-refractivity contribution in [1.29, 1.82) is 0 Å². The molecule has 2 amide bonds. The molecule has 0 bridgehead atoms. The van der Waals surface area contributed by atoms with Crippen LogP contribution in [0.3, 0.4) is 0 Å². The maximum absolute atomic E-state index is 14.0. The molecule has 2 aromatic carbocycles. The van der Waals surface area contributed by atoms with Crippen molar-refractivity contribution in [3.8, 4) is 11.5 Å². The molecule has 2 fully saturated rings. The van der Waals surface area contributed by atoms with E-state index in [1.165, 1.54) is 12.5 Å². The van der Waals surface area contributed by atoms with Crippen LogP contribution in [0.1, 0.15) is 62.3 Å². The van der Waals surface area contributed by atoms with Gasteiger partial charge in [0.1, 0.15) is 11.3 Å². The van der Waals surface area contributed by atoms with E-state index in [2.05, 4.69) is 20.6 Å². The van der Waals surface area contributed by atoms with E-state index in [0.717, 1.165) is 29.1 Å². The predicted octanol–water partition coefficient (Wildman–Crippen LogP) is 3.51. The number of aliphatic hydroxyl groups excluding tert-OH is 2. The Morgan fingerprint density at radius 2 is 2.02 bits per heavy atom. The number of β-amino-alcohol motifs (C(OH)–C–C–N with tert-alkyl or cyclic N) is 1. The Labute approximate surface area is 253 Å². The molecule has 2 aliphatic heterocycles. The van der Waals surface area contributed by atoms with E-state index >= 15 is 0 Å². The highest BCUT2D eigenvalue weighted by atomic mass is 32.1. The van der Waals surface area contributed by atoms with Crippen LogP contribution in [0.4, 0.5) is 0 Å². The summed E-state index contributed by atoms with van der Waals surface area (Å²) in [5.41, 5.74) is 2.99. The van der Waals surface area contributed by atoms with Gasteiger partial charge >= 0.3 is 0 Å². The lowest BCUT2D eigenvalue weighted by Gasteiger charge is -2.29. The Bertz CT molecular complexity index is 1560. The van der Waals surface area contributed by atoms with Gasteiger partial charge in [0.05, 0.1) is 30.5 Å². The highest BCUT2D eigenvalue weighted by Crippen LogP contribution is 2.35. The average Bonchev–Trinajstić information content (AvgIpc) is 3.84. The largest absolute Gasteiger partial charge is 0.445 e. The number of rotatable bonds is 9. The van der Waals surface area contributed by atoms with Gasteiger partial charge in [-0.15, -0.1) is 11.3 Å². The fourth-order valence-corrected chi connectivity index (χ4v) is 6.94. The number of likely N-dealkylation sites (tertiary alicyclic amines) is 1. The molecule has 10 nitrogen and oxygen atoms in total. The van der Waals surface area contributed by atoms with Crippen LogP contribution >= 0.6 is 11.3 Å². The molecule has 11 heteroatoms. The van der Waals surface area contributed by atoms with E-state index in [1.54, 1.807) is 29.5 Å². The first-order valence-corrected chi connectivity index (χ1v) is 15.5. The molecule has 4 heterocycles. The Kier molecular flexibility index (Phi) is 8.66. The molecule has 4 N–H and O–H groups in total. The van der Waals surface area contributed by atoms with E-state index < -0.39 is 24.2 Å². The van der Waals surface area contributed by atoms with Gasteiger partial charge in [-0.3, -0.25) is 9.59 Å². The molecule has 6 rings (SSSR count). The lowest BCUT2D eigenvalue weighted by atomic mass is 9.94. The zero-order valence-electron chi connectivity index (χ0n) is 23.8. The van der Waals surface area contributed by atoms with Gasteiger partial charge in [-0.1, -0.05) is 30.3 Å². The Balaban J connectivity index is 1.30. The number of aryl methyl sites for hydroxylation is 1. The van der Waals surface area contributed by atoms with Crippen LogP contribution in [0.25, 0.3) is 11.5 Å². The first-order valence-electron chi connectivity index (χ1n) is 14.6. The molecule has 0 saturated carbocycles. The normalized spacial score (nSPS) is 21.6. The third kappa shape index (κ3) is 6.54. The van der Waals surface area contributed by atoms with Crippen molar-refractivity contribution in [1.82, 2.24) is 25.5 Å². The first-order chi connectivity index (χ1) is 20.9.